The number of benzene rings is 1. The van der Waals surface area contributed by atoms with Crippen LogP contribution >= 0.6 is 0 Å². The van der Waals surface area contributed by atoms with E-state index in [1.54, 1.807) is 0 Å². The summed E-state index contributed by atoms with van der Waals surface area (Å²) in [5.41, 5.74) is 2.34. The summed E-state index contributed by atoms with van der Waals surface area (Å²) >= 11 is 0. The monoisotopic (exact) mass is 345 g/mol. The Bertz CT molecular complexity index is 443. The zero-order valence-corrected chi connectivity index (χ0v) is 16.6. The van der Waals surface area contributed by atoms with Gasteiger partial charge < -0.3 is 4.74 Å². The van der Waals surface area contributed by atoms with E-state index >= 15 is 0 Å². The first-order valence-electron chi connectivity index (χ1n) is 10.4. The molecule has 25 heavy (non-hydrogen) atoms. The van der Waals surface area contributed by atoms with Gasteiger partial charge in [0.15, 0.2) is 0 Å². The molecule has 1 atom stereocenters. The Morgan fingerprint density at radius 1 is 0.920 bits per heavy atom. The van der Waals surface area contributed by atoms with Crippen molar-refractivity contribution in [2.45, 2.75) is 84.3 Å². The minimum absolute atomic E-state index is 0.0298. The molecule has 0 spiro atoms. The summed E-state index contributed by atoms with van der Waals surface area (Å²) in [6.07, 6.45) is 15.6. The van der Waals surface area contributed by atoms with E-state index in [0.29, 0.717) is 6.61 Å². The molecule has 2 nitrogen and oxygen atoms in total. The van der Waals surface area contributed by atoms with Gasteiger partial charge >= 0.3 is 0 Å². The molecule has 0 aliphatic rings. The Hall–Kier alpha value is -1.12. The van der Waals surface area contributed by atoms with Crippen molar-refractivity contribution in [1.29, 1.82) is 0 Å². The van der Waals surface area contributed by atoms with Crippen molar-refractivity contribution in [3.8, 4) is 0 Å². The largest absolute Gasteiger partial charge is 0.359 e. The Labute approximate surface area is 156 Å². The van der Waals surface area contributed by atoms with Gasteiger partial charge in [0.1, 0.15) is 6.23 Å². The van der Waals surface area contributed by atoms with Crippen LogP contribution in [0.4, 0.5) is 0 Å². The molecule has 0 saturated heterocycles. The highest BCUT2D eigenvalue weighted by atomic mass is 16.5. The maximum absolute atomic E-state index is 5.90. The third kappa shape index (κ3) is 9.81. The first-order valence-corrected chi connectivity index (χ1v) is 10.4. The number of rotatable bonds is 16. The SMILES string of the molecule is C=Cc1ccccc1C(NCCCCCCCCCCCC)OCC. The van der Waals surface area contributed by atoms with Gasteiger partial charge in [-0.1, -0.05) is 102 Å². The number of ether oxygens (including phenoxy) is 1. The Morgan fingerprint density at radius 3 is 2.12 bits per heavy atom. The lowest BCUT2D eigenvalue weighted by Crippen LogP contribution is -2.25. The minimum atomic E-state index is -0.0298. The molecule has 0 heterocycles. The van der Waals surface area contributed by atoms with Crippen LogP contribution in [-0.4, -0.2) is 13.2 Å². The molecule has 0 aromatic heterocycles. The highest BCUT2D eigenvalue weighted by Gasteiger charge is 2.12. The van der Waals surface area contributed by atoms with Crippen LogP contribution in [0, 0.1) is 0 Å². The molecule has 1 aromatic rings. The summed E-state index contributed by atoms with van der Waals surface area (Å²) in [7, 11) is 0. The Balaban J connectivity index is 2.16. The second-order valence-corrected chi connectivity index (χ2v) is 6.80. The molecule has 0 amide bonds. The van der Waals surface area contributed by atoms with Crippen molar-refractivity contribution in [3.63, 3.8) is 0 Å². The molecule has 1 aromatic carbocycles. The van der Waals surface area contributed by atoms with E-state index in [1.807, 2.05) is 19.1 Å². The smallest absolute Gasteiger partial charge is 0.134 e. The van der Waals surface area contributed by atoms with E-state index < -0.39 is 0 Å². The van der Waals surface area contributed by atoms with Gasteiger partial charge in [-0.05, 0) is 25.5 Å². The highest BCUT2D eigenvalue weighted by molar-refractivity contribution is 5.52. The molecule has 1 unspecified atom stereocenters. The molecule has 0 saturated carbocycles. The van der Waals surface area contributed by atoms with E-state index in [0.717, 1.165) is 12.1 Å². The third-order valence-electron chi connectivity index (χ3n) is 4.69. The summed E-state index contributed by atoms with van der Waals surface area (Å²) in [4.78, 5) is 0. The quantitative estimate of drug-likeness (QED) is 0.260. The van der Waals surface area contributed by atoms with Crippen molar-refractivity contribution in [3.05, 3.63) is 42.0 Å². The third-order valence-corrected chi connectivity index (χ3v) is 4.69. The Morgan fingerprint density at radius 2 is 1.52 bits per heavy atom. The van der Waals surface area contributed by atoms with Crippen molar-refractivity contribution < 1.29 is 4.74 Å². The van der Waals surface area contributed by atoms with Crippen LogP contribution in [-0.2, 0) is 4.74 Å². The molecule has 1 rings (SSSR count). The summed E-state index contributed by atoms with van der Waals surface area (Å²) in [5, 5.41) is 3.57. The van der Waals surface area contributed by atoms with Gasteiger partial charge in [-0.3, -0.25) is 5.32 Å². The molecule has 0 bridgehead atoms. The zero-order chi connectivity index (χ0) is 18.2. The highest BCUT2D eigenvalue weighted by Crippen LogP contribution is 2.20. The normalized spacial score (nSPS) is 12.2. The van der Waals surface area contributed by atoms with Gasteiger partial charge in [-0.15, -0.1) is 0 Å². The van der Waals surface area contributed by atoms with Crippen LogP contribution in [0.15, 0.2) is 30.8 Å². The van der Waals surface area contributed by atoms with Crippen LogP contribution in [0.2, 0.25) is 0 Å². The first-order chi connectivity index (χ1) is 12.3. The lowest BCUT2D eigenvalue weighted by Gasteiger charge is -2.21. The summed E-state index contributed by atoms with van der Waals surface area (Å²) in [5.74, 6) is 0. The fourth-order valence-electron chi connectivity index (χ4n) is 3.21. The molecule has 0 aliphatic carbocycles. The van der Waals surface area contributed by atoms with Crippen molar-refractivity contribution in [2.75, 3.05) is 13.2 Å². The molecule has 0 fully saturated rings. The fraction of sp³-hybridized carbons (Fsp3) is 0.652. The predicted octanol–water partition coefficient (Wildman–Crippen LogP) is 6.88. The first kappa shape index (κ1) is 21.9. The van der Waals surface area contributed by atoms with Gasteiger partial charge in [0.2, 0.25) is 0 Å². The molecular formula is C23H39NO. The van der Waals surface area contributed by atoms with Gasteiger partial charge in [-0.25, -0.2) is 0 Å². The van der Waals surface area contributed by atoms with E-state index in [1.165, 1.54) is 69.8 Å². The molecule has 0 aliphatic heterocycles. The van der Waals surface area contributed by atoms with E-state index in [9.17, 15) is 0 Å². The number of nitrogens with one attached hydrogen (secondary N) is 1. The second kappa shape index (κ2) is 15.2. The minimum Gasteiger partial charge on any atom is -0.359 e. The van der Waals surface area contributed by atoms with Crippen LogP contribution in [0.25, 0.3) is 6.08 Å². The molecule has 2 heteroatoms. The number of hydrogen-bond acceptors (Lipinski definition) is 2. The van der Waals surface area contributed by atoms with E-state index in [4.69, 9.17) is 4.74 Å². The van der Waals surface area contributed by atoms with Crippen LogP contribution < -0.4 is 5.32 Å². The summed E-state index contributed by atoms with van der Waals surface area (Å²) in [6.45, 7) is 9.95. The maximum Gasteiger partial charge on any atom is 0.134 e. The molecule has 1 N–H and O–H groups in total. The van der Waals surface area contributed by atoms with E-state index in [-0.39, 0.29) is 6.23 Å². The van der Waals surface area contributed by atoms with Gasteiger partial charge in [-0.2, -0.15) is 0 Å². The van der Waals surface area contributed by atoms with Crippen molar-refractivity contribution in [2.24, 2.45) is 0 Å². The topological polar surface area (TPSA) is 21.3 Å². The average molecular weight is 346 g/mol. The predicted molar refractivity (Wildman–Crippen MR) is 111 cm³/mol. The Kier molecular flexibility index (Phi) is 13.3. The van der Waals surface area contributed by atoms with Crippen LogP contribution in [0.1, 0.15) is 95.4 Å². The number of hydrogen-bond donors (Lipinski definition) is 1. The van der Waals surface area contributed by atoms with Crippen molar-refractivity contribution >= 4 is 6.08 Å². The average Bonchev–Trinajstić information content (AvgIpc) is 2.65. The van der Waals surface area contributed by atoms with Gasteiger partial charge in [0, 0.05) is 12.2 Å². The maximum atomic E-state index is 5.90. The summed E-state index contributed by atoms with van der Waals surface area (Å²) < 4.78 is 5.90. The second-order valence-electron chi connectivity index (χ2n) is 6.80. The molecule has 0 radical (unpaired) electrons. The van der Waals surface area contributed by atoms with E-state index in [2.05, 4.69) is 37.0 Å². The standard InChI is InChI=1S/C23H39NO/c1-4-7-8-9-10-11-12-13-14-17-20-24-23(25-6-3)22-19-16-15-18-21(22)5-2/h5,15-16,18-19,23-24H,2,4,6-14,17,20H2,1,3H3. The zero-order valence-electron chi connectivity index (χ0n) is 16.6. The molecule has 142 valence electrons. The van der Waals surface area contributed by atoms with Crippen LogP contribution in [0.5, 0.6) is 0 Å². The van der Waals surface area contributed by atoms with Gasteiger partial charge in [0.25, 0.3) is 0 Å². The lowest BCUT2D eigenvalue weighted by molar-refractivity contribution is 0.0369. The van der Waals surface area contributed by atoms with Gasteiger partial charge in [0.05, 0.1) is 0 Å². The lowest BCUT2D eigenvalue weighted by atomic mass is 10.1. The number of unbranched alkanes of at least 4 members (excludes halogenated alkanes) is 9. The fourth-order valence-corrected chi connectivity index (χ4v) is 3.21. The molecular weight excluding hydrogens is 306 g/mol. The van der Waals surface area contributed by atoms with Crippen molar-refractivity contribution in [1.82, 2.24) is 5.32 Å². The van der Waals surface area contributed by atoms with Crippen LogP contribution in [0.3, 0.4) is 0 Å². The summed E-state index contributed by atoms with van der Waals surface area (Å²) in [6, 6.07) is 8.34.